The molecule has 0 saturated carbocycles. The molecule has 0 atom stereocenters. The standard InChI is InChI=1S/C55H30N4O2/c56-31-32-29-47(57-43-21-9-3-17-39(43)51-45(57)27-25-37-35-15-5-11-23-49(35)60-54(37)51)53(59-41-19-7-1-13-33(41)34-14-2-8-20-42(34)59)48(30-32)58-44-22-10-4-18-40(44)52-46(58)28-26-38-36-16-6-12-24-50(36)61-55(38)52/h1-30H. The van der Waals surface area contributed by atoms with Crippen molar-refractivity contribution in [1.29, 1.82) is 5.26 Å². The SMILES string of the molecule is N#Cc1cc(-n2c3ccccc3c3c4oc5ccccc5c4ccc32)c(-n2c3ccccc3c3ccccc32)c(-n2c3ccccc3c3c4oc5ccccc5c4ccc32)c1. The lowest BCUT2D eigenvalue weighted by Gasteiger charge is -2.22. The van der Waals surface area contributed by atoms with Crippen molar-refractivity contribution in [2.24, 2.45) is 0 Å². The van der Waals surface area contributed by atoms with E-state index in [0.29, 0.717) is 5.56 Å². The smallest absolute Gasteiger partial charge is 0.145 e. The Labute approximate surface area is 346 Å². The lowest BCUT2D eigenvalue weighted by Crippen LogP contribution is -2.10. The molecule has 0 bridgehead atoms. The van der Waals surface area contributed by atoms with Crippen molar-refractivity contribution in [1.82, 2.24) is 13.7 Å². The molecule has 9 aromatic carbocycles. The molecule has 0 radical (unpaired) electrons. The maximum Gasteiger partial charge on any atom is 0.145 e. The van der Waals surface area contributed by atoms with E-state index in [4.69, 9.17) is 8.83 Å². The second-order valence-corrected chi connectivity index (χ2v) is 15.9. The second-order valence-electron chi connectivity index (χ2n) is 15.9. The minimum absolute atomic E-state index is 0.543. The van der Waals surface area contributed by atoms with Crippen molar-refractivity contribution in [3.05, 3.63) is 188 Å². The number of hydrogen-bond acceptors (Lipinski definition) is 3. The van der Waals surface area contributed by atoms with E-state index >= 15 is 0 Å². The van der Waals surface area contributed by atoms with Crippen molar-refractivity contribution in [3.8, 4) is 23.1 Å². The normalized spacial score (nSPS) is 12.2. The van der Waals surface area contributed by atoms with Gasteiger partial charge in [0.1, 0.15) is 22.3 Å². The Morgan fingerprint density at radius 2 is 0.721 bits per heavy atom. The van der Waals surface area contributed by atoms with E-state index in [2.05, 4.69) is 177 Å². The third-order valence-corrected chi connectivity index (χ3v) is 12.8. The van der Waals surface area contributed by atoms with Crippen LogP contribution in [-0.2, 0) is 0 Å². The number of hydrogen-bond donors (Lipinski definition) is 0. The molecule has 14 aromatic rings. The van der Waals surface area contributed by atoms with Crippen LogP contribution in [0.4, 0.5) is 0 Å². The van der Waals surface area contributed by atoms with Gasteiger partial charge in [0.2, 0.25) is 0 Å². The van der Waals surface area contributed by atoms with Crippen molar-refractivity contribution in [2.45, 2.75) is 0 Å². The third kappa shape index (κ3) is 4.19. The second kappa shape index (κ2) is 11.8. The molecular weight excluding hydrogens is 749 g/mol. The first-order chi connectivity index (χ1) is 30.2. The van der Waals surface area contributed by atoms with E-state index in [-0.39, 0.29) is 0 Å². The minimum Gasteiger partial charge on any atom is -0.455 e. The molecule has 0 unspecified atom stereocenters. The Hall–Kier alpha value is -8.53. The summed E-state index contributed by atoms with van der Waals surface area (Å²) in [6.07, 6.45) is 0. The van der Waals surface area contributed by atoms with Gasteiger partial charge in [0.25, 0.3) is 0 Å². The molecule has 0 N–H and O–H groups in total. The molecule has 6 heteroatoms. The molecule has 5 heterocycles. The summed E-state index contributed by atoms with van der Waals surface area (Å²) >= 11 is 0. The number of para-hydroxylation sites is 6. The summed E-state index contributed by atoms with van der Waals surface area (Å²) in [5, 5.41) is 21.9. The van der Waals surface area contributed by atoms with Crippen LogP contribution in [-0.4, -0.2) is 13.7 Å². The summed E-state index contributed by atoms with van der Waals surface area (Å²) < 4.78 is 20.6. The summed E-state index contributed by atoms with van der Waals surface area (Å²) in [4.78, 5) is 0. The number of rotatable bonds is 3. The van der Waals surface area contributed by atoms with Crippen LogP contribution in [0.15, 0.2) is 191 Å². The summed E-state index contributed by atoms with van der Waals surface area (Å²) in [5.74, 6) is 0. The largest absolute Gasteiger partial charge is 0.455 e. The van der Waals surface area contributed by atoms with Crippen LogP contribution in [0, 0.1) is 11.3 Å². The lowest BCUT2D eigenvalue weighted by atomic mass is 10.1. The van der Waals surface area contributed by atoms with Crippen molar-refractivity contribution in [3.63, 3.8) is 0 Å². The number of nitrogens with zero attached hydrogens (tertiary/aromatic N) is 4. The molecule has 0 fully saturated rings. The zero-order valence-electron chi connectivity index (χ0n) is 32.4. The highest BCUT2D eigenvalue weighted by molar-refractivity contribution is 6.26. The molecule has 14 rings (SSSR count). The molecule has 6 nitrogen and oxygen atoms in total. The van der Waals surface area contributed by atoms with Crippen LogP contribution < -0.4 is 0 Å². The fourth-order valence-electron chi connectivity index (χ4n) is 10.4. The van der Waals surface area contributed by atoms with Crippen molar-refractivity contribution >= 4 is 109 Å². The van der Waals surface area contributed by atoms with E-state index in [1.807, 2.05) is 24.3 Å². The molecule has 0 aliphatic carbocycles. The predicted molar refractivity (Wildman–Crippen MR) is 249 cm³/mol. The number of furan rings is 2. The quantitative estimate of drug-likeness (QED) is 0.179. The zero-order valence-corrected chi connectivity index (χ0v) is 32.4. The van der Waals surface area contributed by atoms with Gasteiger partial charge in [-0.3, -0.25) is 0 Å². The van der Waals surface area contributed by atoms with Gasteiger partial charge in [0.15, 0.2) is 0 Å². The van der Waals surface area contributed by atoms with Gasteiger partial charge >= 0.3 is 0 Å². The van der Waals surface area contributed by atoms with E-state index in [1.165, 1.54) is 0 Å². The van der Waals surface area contributed by atoms with Crippen LogP contribution in [0.25, 0.3) is 126 Å². The van der Waals surface area contributed by atoms with Gasteiger partial charge in [0, 0.05) is 43.1 Å². The predicted octanol–water partition coefficient (Wildman–Crippen LogP) is 14.6. The van der Waals surface area contributed by atoms with Gasteiger partial charge in [-0.25, -0.2) is 0 Å². The highest BCUT2D eigenvalue weighted by atomic mass is 16.3. The van der Waals surface area contributed by atoms with Gasteiger partial charge in [-0.05, 0) is 72.8 Å². The monoisotopic (exact) mass is 778 g/mol. The maximum atomic E-state index is 11.0. The van der Waals surface area contributed by atoms with Gasteiger partial charge in [-0.1, -0.05) is 109 Å². The average molecular weight is 779 g/mol. The third-order valence-electron chi connectivity index (χ3n) is 12.8. The Balaban J connectivity index is 1.22. The van der Waals surface area contributed by atoms with E-state index in [9.17, 15) is 5.26 Å². The maximum absolute atomic E-state index is 11.0. The Morgan fingerprint density at radius 3 is 1.16 bits per heavy atom. The van der Waals surface area contributed by atoms with Gasteiger partial charge in [-0.2, -0.15) is 5.26 Å². The van der Waals surface area contributed by atoms with E-state index in [0.717, 1.165) is 126 Å². The first kappa shape index (κ1) is 32.4. The molecule has 61 heavy (non-hydrogen) atoms. The summed E-state index contributed by atoms with van der Waals surface area (Å²) in [6.45, 7) is 0. The Kier molecular flexibility index (Phi) is 6.27. The number of aromatic nitrogens is 3. The Morgan fingerprint density at radius 1 is 0.344 bits per heavy atom. The van der Waals surface area contributed by atoms with Crippen LogP contribution in [0.1, 0.15) is 5.56 Å². The summed E-state index contributed by atoms with van der Waals surface area (Å²) in [7, 11) is 0. The average Bonchev–Trinajstić information content (AvgIpc) is 4.12. The van der Waals surface area contributed by atoms with Gasteiger partial charge in [-0.15, -0.1) is 0 Å². The molecule has 282 valence electrons. The fraction of sp³-hybridized carbons (Fsp3) is 0. The lowest BCUT2D eigenvalue weighted by molar-refractivity contribution is 0.672. The highest BCUT2D eigenvalue weighted by Gasteiger charge is 2.28. The van der Waals surface area contributed by atoms with Crippen LogP contribution >= 0.6 is 0 Å². The molecule has 0 aliphatic rings. The first-order valence-corrected chi connectivity index (χ1v) is 20.5. The number of fused-ring (bicyclic) bond motifs is 17. The van der Waals surface area contributed by atoms with E-state index < -0.39 is 0 Å². The summed E-state index contributed by atoms with van der Waals surface area (Å²) in [5.41, 5.74) is 12.8. The fourth-order valence-corrected chi connectivity index (χ4v) is 10.4. The topological polar surface area (TPSA) is 64.9 Å². The first-order valence-electron chi connectivity index (χ1n) is 20.5. The molecular formula is C55H30N4O2. The van der Waals surface area contributed by atoms with Crippen LogP contribution in [0.5, 0.6) is 0 Å². The van der Waals surface area contributed by atoms with E-state index in [1.54, 1.807) is 0 Å². The van der Waals surface area contributed by atoms with Crippen LogP contribution in [0.3, 0.4) is 0 Å². The minimum atomic E-state index is 0.543. The van der Waals surface area contributed by atoms with Gasteiger partial charge in [0.05, 0.1) is 72.6 Å². The zero-order chi connectivity index (χ0) is 39.9. The molecule has 0 saturated heterocycles. The van der Waals surface area contributed by atoms with Gasteiger partial charge < -0.3 is 22.5 Å². The summed E-state index contributed by atoms with van der Waals surface area (Å²) in [6, 6.07) is 66.3. The highest BCUT2D eigenvalue weighted by Crippen LogP contribution is 2.47. The molecule has 0 aliphatic heterocycles. The Bertz CT molecular complexity index is 3990. The molecule has 0 spiro atoms. The van der Waals surface area contributed by atoms with Crippen molar-refractivity contribution in [2.75, 3.05) is 0 Å². The van der Waals surface area contributed by atoms with Crippen LogP contribution in [0.2, 0.25) is 0 Å². The number of nitriles is 1. The number of benzene rings is 9. The molecule has 0 amide bonds. The molecule has 5 aromatic heterocycles. The van der Waals surface area contributed by atoms with Crippen molar-refractivity contribution < 1.29 is 8.83 Å².